The molecule has 0 aliphatic carbocycles. The van der Waals surface area contributed by atoms with Crippen molar-refractivity contribution in [2.75, 3.05) is 19.7 Å². The number of halogens is 1. The van der Waals surface area contributed by atoms with E-state index in [1.807, 2.05) is 0 Å². The zero-order chi connectivity index (χ0) is 17.9. The summed E-state index contributed by atoms with van der Waals surface area (Å²) in [6, 6.07) is 5.60. The van der Waals surface area contributed by atoms with Crippen LogP contribution in [0.5, 0.6) is 5.75 Å². The molecular weight excluding hydrogens is 329 g/mol. The summed E-state index contributed by atoms with van der Waals surface area (Å²) in [5.41, 5.74) is -1.11. The monoisotopic (exact) mass is 349 g/mol. The Kier molecular flexibility index (Phi) is 4.98. The lowest BCUT2D eigenvalue weighted by Crippen LogP contribution is -2.40. The summed E-state index contributed by atoms with van der Waals surface area (Å²) >= 11 is 0. The standard InChI is InChI=1S/C17H20FN3O4/c1-12-19-15(25-20-12)6-7-16(22)21-9-8-17(23,10-21)11-24-14-4-2-13(18)3-5-14/h2-5,23H,6-11H2,1H3. The first-order chi connectivity index (χ1) is 11.9. The van der Waals surface area contributed by atoms with Crippen molar-refractivity contribution in [3.8, 4) is 5.75 Å². The highest BCUT2D eigenvalue weighted by atomic mass is 19.1. The van der Waals surface area contributed by atoms with E-state index in [9.17, 15) is 14.3 Å². The van der Waals surface area contributed by atoms with Crippen molar-refractivity contribution in [2.24, 2.45) is 0 Å². The zero-order valence-electron chi connectivity index (χ0n) is 13.9. The van der Waals surface area contributed by atoms with E-state index in [1.54, 1.807) is 11.8 Å². The van der Waals surface area contributed by atoms with Crippen LogP contribution in [0.25, 0.3) is 0 Å². The van der Waals surface area contributed by atoms with E-state index < -0.39 is 5.60 Å². The lowest BCUT2D eigenvalue weighted by atomic mass is 10.1. The summed E-state index contributed by atoms with van der Waals surface area (Å²) in [6.07, 6.45) is 1.05. The first-order valence-electron chi connectivity index (χ1n) is 8.11. The number of aryl methyl sites for hydroxylation is 2. The van der Waals surface area contributed by atoms with E-state index in [4.69, 9.17) is 9.26 Å². The fourth-order valence-corrected chi connectivity index (χ4v) is 2.75. The van der Waals surface area contributed by atoms with Crippen LogP contribution in [0, 0.1) is 12.7 Å². The lowest BCUT2D eigenvalue weighted by molar-refractivity contribution is -0.131. The molecule has 134 valence electrons. The molecule has 8 heteroatoms. The van der Waals surface area contributed by atoms with Crippen molar-refractivity contribution < 1.29 is 23.6 Å². The van der Waals surface area contributed by atoms with Crippen molar-refractivity contribution in [1.82, 2.24) is 15.0 Å². The van der Waals surface area contributed by atoms with Gasteiger partial charge in [0.25, 0.3) is 0 Å². The molecule has 0 bridgehead atoms. The molecule has 25 heavy (non-hydrogen) atoms. The van der Waals surface area contributed by atoms with Crippen LogP contribution < -0.4 is 4.74 Å². The number of aromatic nitrogens is 2. The number of carbonyl (C=O) groups excluding carboxylic acids is 1. The first kappa shape index (κ1) is 17.3. The van der Waals surface area contributed by atoms with Gasteiger partial charge in [0.15, 0.2) is 5.82 Å². The Morgan fingerprint density at radius 3 is 2.88 bits per heavy atom. The molecular formula is C17H20FN3O4. The highest BCUT2D eigenvalue weighted by molar-refractivity contribution is 5.76. The second-order valence-electron chi connectivity index (χ2n) is 6.27. The van der Waals surface area contributed by atoms with Crippen LogP contribution in [0.2, 0.25) is 0 Å². The number of benzene rings is 1. The number of aliphatic hydroxyl groups is 1. The molecule has 1 amide bonds. The van der Waals surface area contributed by atoms with Crippen LogP contribution >= 0.6 is 0 Å². The summed E-state index contributed by atoms with van der Waals surface area (Å²) in [6.45, 7) is 2.43. The molecule has 1 aromatic carbocycles. The Labute approximate surface area is 144 Å². The number of β-amino-alcohol motifs (C(OH)–C–C–N with tert-alkyl or cyclic N) is 1. The number of hydrogen-bond donors (Lipinski definition) is 1. The highest BCUT2D eigenvalue weighted by Gasteiger charge is 2.38. The van der Waals surface area contributed by atoms with Gasteiger partial charge in [-0.25, -0.2) is 4.39 Å². The first-order valence-corrected chi connectivity index (χ1v) is 8.11. The molecule has 0 radical (unpaired) electrons. The SMILES string of the molecule is Cc1noc(CCC(=O)N2CCC(O)(COc3ccc(F)cc3)C2)n1. The molecule has 1 N–H and O–H groups in total. The minimum Gasteiger partial charge on any atom is -0.491 e. The molecule has 0 saturated carbocycles. The smallest absolute Gasteiger partial charge is 0.227 e. The average molecular weight is 349 g/mol. The van der Waals surface area contributed by atoms with Gasteiger partial charge >= 0.3 is 0 Å². The summed E-state index contributed by atoms with van der Waals surface area (Å²) in [5, 5.41) is 14.3. The lowest BCUT2D eigenvalue weighted by Gasteiger charge is -2.23. The Bertz CT molecular complexity index is 734. The largest absolute Gasteiger partial charge is 0.491 e. The van der Waals surface area contributed by atoms with E-state index in [-0.39, 0.29) is 31.3 Å². The second-order valence-corrected chi connectivity index (χ2v) is 6.27. The maximum atomic E-state index is 12.9. The molecule has 1 saturated heterocycles. The van der Waals surface area contributed by atoms with E-state index in [2.05, 4.69) is 10.1 Å². The molecule has 1 fully saturated rings. The van der Waals surface area contributed by atoms with Crippen molar-refractivity contribution in [3.05, 3.63) is 41.8 Å². The van der Waals surface area contributed by atoms with Gasteiger partial charge in [-0.05, 0) is 37.6 Å². The summed E-state index contributed by atoms with van der Waals surface area (Å²) in [5.74, 6) is 1.02. The molecule has 7 nitrogen and oxygen atoms in total. The minimum absolute atomic E-state index is 0.0469. The van der Waals surface area contributed by atoms with E-state index >= 15 is 0 Å². The Balaban J connectivity index is 1.47. The van der Waals surface area contributed by atoms with Gasteiger partial charge in [0.1, 0.15) is 23.8 Å². The van der Waals surface area contributed by atoms with Gasteiger partial charge in [0, 0.05) is 19.4 Å². The van der Waals surface area contributed by atoms with Gasteiger partial charge in [0.05, 0.1) is 6.54 Å². The number of amides is 1. The maximum Gasteiger partial charge on any atom is 0.227 e. The number of ether oxygens (including phenoxy) is 1. The minimum atomic E-state index is -1.11. The number of hydrogen-bond acceptors (Lipinski definition) is 6. The number of carbonyl (C=O) groups is 1. The summed E-state index contributed by atoms with van der Waals surface area (Å²) < 4.78 is 23.4. The highest BCUT2D eigenvalue weighted by Crippen LogP contribution is 2.24. The van der Waals surface area contributed by atoms with Crippen molar-refractivity contribution in [2.45, 2.75) is 31.8 Å². The number of likely N-dealkylation sites (tertiary alicyclic amines) is 1. The van der Waals surface area contributed by atoms with Gasteiger partial charge in [-0.1, -0.05) is 5.16 Å². The maximum absolute atomic E-state index is 12.9. The Hall–Kier alpha value is -2.48. The van der Waals surface area contributed by atoms with Crippen LogP contribution in [0.1, 0.15) is 24.6 Å². The fourth-order valence-electron chi connectivity index (χ4n) is 2.75. The molecule has 1 atom stereocenters. The molecule has 2 aromatic rings. The van der Waals surface area contributed by atoms with Crippen LogP contribution in [0.15, 0.2) is 28.8 Å². The number of nitrogens with zero attached hydrogens (tertiary/aromatic N) is 3. The third-order valence-electron chi connectivity index (χ3n) is 4.13. The van der Waals surface area contributed by atoms with Crippen LogP contribution in [0.4, 0.5) is 4.39 Å². The Morgan fingerprint density at radius 2 is 2.20 bits per heavy atom. The Morgan fingerprint density at radius 1 is 1.44 bits per heavy atom. The van der Waals surface area contributed by atoms with Crippen molar-refractivity contribution >= 4 is 5.91 Å². The molecule has 3 rings (SSSR count). The predicted octanol–water partition coefficient (Wildman–Crippen LogP) is 1.49. The topological polar surface area (TPSA) is 88.7 Å². The zero-order valence-corrected chi connectivity index (χ0v) is 13.9. The third kappa shape index (κ3) is 4.54. The van der Waals surface area contributed by atoms with Gasteiger partial charge in [-0.15, -0.1) is 0 Å². The second kappa shape index (κ2) is 7.18. The molecule has 1 aromatic heterocycles. The van der Waals surface area contributed by atoms with Gasteiger partial charge in [-0.2, -0.15) is 4.98 Å². The van der Waals surface area contributed by atoms with Crippen molar-refractivity contribution in [3.63, 3.8) is 0 Å². The normalized spacial score (nSPS) is 20.0. The summed E-state index contributed by atoms with van der Waals surface area (Å²) in [4.78, 5) is 17.9. The third-order valence-corrected chi connectivity index (χ3v) is 4.13. The van der Waals surface area contributed by atoms with Crippen LogP contribution in [-0.4, -0.2) is 51.4 Å². The van der Waals surface area contributed by atoms with Gasteiger partial charge in [-0.3, -0.25) is 4.79 Å². The molecule has 1 unspecified atom stereocenters. The quantitative estimate of drug-likeness (QED) is 0.850. The molecule has 2 heterocycles. The molecule has 1 aliphatic rings. The van der Waals surface area contributed by atoms with Crippen LogP contribution in [0.3, 0.4) is 0 Å². The van der Waals surface area contributed by atoms with Crippen molar-refractivity contribution in [1.29, 1.82) is 0 Å². The number of rotatable bonds is 6. The fraction of sp³-hybridized carbons (Fsp3) is 0.471. The summed E-state index contributed by atoms with van der Waals surface area (Å²) in [7, 11) is 0. The van der Waals surface area contributed by atoms with Gasteiger partial charge < -0.3 is 19.3 Å². The van der Waals surface area contributed by atoms with E-state index in [1.165, 1.54) is 24.3 Å². The molecule has 1 aliphatic heterocycles. The van der Waals surface area contributed by atoms with E-state index in [0.717, 1.165) is 0 Å². The van der Waals surface area contributed by atoms with Crippen LogP contribution in [-0.2, 0) is 11.2 Å². The van der Waals surface area contributed by atoms with E-state index in [0.29, 0.717) is 36.9 Å². The van der Waals surface area contributed by atoms with Gasteiger partial charge in [0.2, 0.25) is 11.8 Å². The predicted molar refractivity (Wildman–Crippen MR) is 85.4 cm³/mol. The average Bonchev–Trinajstić information content (AvgIpc) is 3.19. The molecule has 0 spiro atoms.